The molecular formula is C20H12ClN3O2. The van der Waals surface area contributed by atoms with Gasteiger partial charge >= 0.3 is 0 Å². The summed E-state index contributed by atoms with van der Waals surface area (Å²) in [6, 6.07) is 15.8. The number of fused-ring (bicyclic) bond motifs is 1. The Morgan fingerprint density at radius 2 is 2.08 bits per heavy atom. The average molecular weight is 362 g/mol. The Morgan fingerprint density at radius 1 is 1.23 bits per heavy atom. The standard InChI is InChI=1S/C20H12ClN3O2/c21-15-4-5-17-18(12-24-19(17)10-15)20(25)14(11-23)8-13-2-1-3-16(9-13)26-7-6-22/h1-5,8-10,12,24H,7H2/b14-8+. The van der Waals surface area contributed by atoms with E-state index in [1.54, 1.807) is 48.7 Å². The maximum absolute atomic E-state index is 12.8. The van der Waals surface area contributed by atoms with Crippen molar-refractivity contribution in [1.82, 2.24) is 4.98 Å². The summed E-state index contributed by atoms with van der Waals surface area (Å²) in [6.45, 7) is -0.0743. The number of nitriles is 2. The van der Waals surface area contributed by atoms with Crippen molar-refractivity contribution >= 4 is 34.4 Å². The lowest BCUT2D eigenvalue weighted by Crippen LogP contribution is -2.01. The molecule has 5 nitrogen and oxygen atoms in total. The molecule has 0 unspecified atom stereocenters. The van der Waals surface area contributed by atoms with Gasteiger partial charge in [0.25, 0.3) is 0 Å². The van der Waals surface area contributed by atoms with Gasteiger partial charge in [-0.15, -0.1) is 0 Å². The first kappa shape index (κ1) is 17.3. The molecule has 0 aliphatic carbocycles. The van der Waals surface area contributed by atoms with E-state index < -0.39 is 0 Å². The largest absolute Gasteiger partial charge is 0.479 e. The topological polar surface area (TPSA) is 89.7 Å². The van der Waals surface area contributed by atoms with E-state index in [4.69, 9.17) is 21.6 Å². The first-order valence-electron chi connectivity index (χ1n) is 7.65. The zero-order chi connectivity index (χ0) is 18.5. The van der Waals surface area contributed by atoms with Gasteiger partial charge in [0.1, 0.15) is 23.5 Å². The van der Waals surface area contributed by atoms with Gasteiger partial charge < -0.3 is 9.72 Å². The first-order chi connectivity index (χ1) is 12.6. The predicted octanol–water partition coefficient (Wildman–Crippen LogP) is 4.51. The number of ketones is 1. The van der Waals surface area contributed by atoms with Crippen LogP contribution in [0.3, 0.4) is 0 Å². The lowest BCUT2D eigenvalue weighted by molar-refractivity contribution is 0.104. The quantitative estimate of drug-likeness (QED) is 0.411. The van der Waals surface area contributed by atoms with Crippen molar-refractivity contribution in [3.63, 3.8) is 0 Å². The summed E-state index contributed by atoms with van der Waals surface area (Å²) < 4.78 is 5.24. The Labute approximate surface area is 154 Å². The van der Waals surface area contributed by atoms with E-state index in [2.05, 4.69) is 4.98 Å². The van der Waals surface area contributed by atoms with Crippen LogP contribution in [0.1, 0.15) is 15.9 Å². The minimum atomic E-state index is -0.385. The van der Waals surface area contributed by atoms with Crippen LogP contribution in [0.2, 0.25) is 5.02 Å². The molecule has 126 valence electrons. The van der Waals surface area contributed by atoms with Gasteiger partial charge in [0.2, 0.25) is 5.78 Å². The number of carbonyl (C=O) groups is 1. The highest BCUT2D eigenvalue weighted by Gasteiger charge is 2.17. The predicted molar refractivity (Wildman–Crippen MR) is 98.8 cm³/mol. The molecule has 0 aliphatic rings. The molecule has 0 atom stereocenters. The van der Waals surface area contributed by atoms with E-state index in [0.717, 1.165) is 5.52 Å². The molecule has 0 saturated heterocycles. The van der Waals surface area contributed by atoms with Crippen LogP contribution in [0.4, 0.5) is 0 Å². The highest BCUT2D eigenvalue weighted by Crippen LogP contribution is 2.25. The Balaban J connectivity index is 1.95. The summed E-state index contributed by atoms with van der Waals surface area (Å²) in [5.41, 5.74) is 1.76. The number of aromatic nitrogens is 1. The number of hydrogen-bond donors (Lipinski definition) is 1. The zero-order valence-corrected chi connectivity index (χ0v) is 14.2. The van der Waals surface area contributed by atoms with Crippen LogP contribution in [0.25, 0.3) is 17.0 Å². The van der Waals surface area contributed by atoms with Crippen LogP contribution in [0, 0.1) is 22.7 Å². The van der Waals surface area contributed by atoms with Crippen LogP contribution in [0.5, 0.6) is 5.75 Å². The molecule has 3 rings (SSSR count). The van der Waals surface area contributed by atoms with Crippen LogP contribution < -0.4 is 4.74 Å². The summed E-state index contributed by atoms with van der Waals surface area (Å²) in [5.74, 6) is 0.108. The number of rotatable bonds is 5. The highest BCUT2D eigenvalue weighted by molar-refractivity contribution is 6.31. The van der Waals surface area contributed by atoms with E-state index >= 15 is 0 Å². The number of allylic oxidation sites excluding steroid dienone is 1. The molecule has 0 saturated carbocycles. The lowest BCUT2D eigenvalue weighted by Gasteiger charge is -2.03. The van der Waals surface area contributed by atoms with Crippen LogP contribution in [0.15, 0.2) is 54.2 Å². The SMILES string of the molecule is N#CCOc1cccc(/C=C(\C#N)C(=O)c2c[nH]c3cc(Cl)ccc23)c1. The normalized spacial score (nSPS) is 11.0. The second kappa shape index (κ2) is 7.57. The number of H-pyrrole nitrogens is 1. The van der Waals surface area contributed by atoms with Gasteiger partial charge in [-0.05, 0) is 35.9 Å². The third kappa shape index (κ3) is 3.59. The summed E-state index contributed by atoms with van der Waals surface area (Å²) in [5, 5.41) is 19.3. The van der Waals surface area contributed by atoms with Crippen molar-refractivity contribution in [2.75, 3.05) is 6.61 Å². The van der Waals surface area contributed by atoms with E-state index in [1.165, 1.54) is 6.08 Å². The summed E-state index contributed by atoms with van der Waals surface area (Å²) in [6.07, 6.45) is 3.07. The molecule has 6 heteroatoms. The Morgan fingerprint density at radius 3 is 2.85 bits per heavy atom. The van der Waals surface area contributed by atoms with Gasteiger partial charge in [0.05, 0.1) is 0 Å². The second-order valence-corrected chi connectivity index (χ2v) is 5.85. The van der Waals surface area contributed by atoms with Crippen molar-refractivity contribution < 1.29 is 9.53 Å². The van der Waals surface area contributed by atoms with E-state index in [-0.39, 0.29) is 18.0 Å². The number of nitrogens with zero attached hydrogens (tertiary/aromatic N) is 2. The monoisotopic (exact) mass is 361 g/mol. The fraction of sp³-hybridized carbons (Fsp3) is 0.0500. The van der Waals surface area contributed by atoms with Gasteiger partial charge in [-0.3, -0.25) is 4.79 Å². The molecular weight excluding hydrogens is 350 g/mol. The van der Waals surface area contributed by atoms with E-state index in [0.29, 0.717) is 27.3 Å². The van der Waals surface area contributed by atoms with Crippen LogP contribution in [-0.2, 0) is 0 Å². The van der Waals surface area contributed by atoms with Gasteiger partial charge in [0, 0.05) is 27.7 Å². The molecule has 0 fully saturated rings. The Kier molecular flexibility index (Phi) is 5.03. The molecule has 3 aromatic rings. The van der Waals surface area contributed by atoms with Gasteiger partial charge in [-0.1, -0.05) is 29.8 Å². The number of aromatic amines is 1. The molecule has 1 aromatic heterocycles. The smallest absolute Gasteiger partial charge is 0.205 e. The average Bonchev–Trinajstić information content (AvgIpc) is 3.07. The van der Waals surface area contributed by atoms with Gasteiger partial charge in [-0.2, -0.15) is 10.5 Å². The number of hydrogen-bond acceptors (Lipinski definition) is 4. The number of nitrogens with one attached hydrogen (secondary N) is 1. The number of halogens is 1. The number of ether oxygens (including phenoxy) is 1. The molecule has 0 amide bonds. The van der Waals surface area contributed by atoms with Gasteiger partial charge in [-0.25, -0.2) is 0 Å². The molecule has 0 aliphatic heterocycles. The first-order valence-corrected chi connectivity index (χ1v) is 8.03. The van der Waals surface area contributed by atoms with Crippen molar-refractivity contribution in [2.45, 2.75) is 0 Å². The fourth-order valence-electron chi connectivity index (χ4n) is 2.56. The molecule has 2 aromatic carbocycles. The Bertz CT molecular complexity index is 1100. The fourth-order valence-corrected chi connectivity index (χ4v) is 2.73. The molecule has 1 heterocycles. The minimum absolute atomic E-state index is 0.00159. The third-order valence-electron chi connectivity index (χ3n) is 3.73. The van der Waals surface area contributed by atoms with Crippen LogP contribution >= 0.6 is 11.6 Å². The van der Waals surface area contributed by atoms with E-state index in [1.807, 2.05) is 12.1 Å². The van der Waals surface area contributed by atoms with Crippen LogP contribution in [-0.4, -0.2) is 17.4 Å². The van der Waals surface area contributed by atoms with Gasteiger partial charge in [0.15, 0.2) is 6.61 Å². The second-order valence-electron chi connectivity index (χ2n) is 5.41. The minimum Gasteiger partial charge on any atom is -0.479 e. The molecule has 0 radical (unpaired) electrons. The summed E-state index contributed by atoms with van der Waals surface area (Å²) in [4.78, 5) is 15.8. The third-order valence-corrected chi connectivity index (χ3v) is 3.96. The number of Topliss-reactive ketones (excluding diaryl/α,β-unsaturated/α-hetero) is 1. The van der Waals surface area contributed by atoms with Crippen molar-refractivity contribution in [3.8, 4) is 17.9 Å². The maximum Gasteiger partial charge on any atom is 0.205 e. The van der Waals surface area contributed by atoms with Crippen molar-refractivity contribution in [1.29, 1.82) is 10.5 Å². The zero-order valence-electron chi connectivity index (χ0n) is 13.5. The molecule has 0 spiro atoms. The van der Waals surface area contributed by atoms with E-state index in [9.17, 15) is 10.1 Å². The molecule has 1 N–H and O–H groups in total. The molecule has 0 bridgehead atoms. The summed E-state index contributed by atoms with van der Waals surface area (Å²) >= 11 is 5.96. The number of carbonyl (C=O) groups excluding carboxylic acids is 1. The highest BCUT2D eigenvalue weighted by atomic mass is 35.5. The maximum atomic E-state index is 12.8. The van der Waals surface area contributed by atoms with Crippen molar-refractivity contribution in [3.05, 3.63) is 70.4 Å². The Hall–Kier alpha value is -3.54. The molecule has 26 heavy (non-hydrogen) atoms. The van der Waals surface area contributed by atoms with Crippen molar-refractivity contribution in [2.24, 2.45) is 0 Å². The number of benzene rings is 2. The summed E-state index contributed by atoms with van der Waals surface area (Å²) in [7, 11) is 0. The lowest BCUT2D eigenvalue weighted by atomic mass is 10.0.